The van der Waals surface area contributed by atoms with Crippen LogP contribution in [0, 0.1) is 5.82 Å². The highest BCUT2D eigenvalue weighted by Crippen LogP contribution is 2.60. The third-order valence-corrected chi connectivity index (χ3v) is 7.88. The number of anilines is 1. The van der Waals surface area contributed by atoms with Gasteiger partial charge in [-0.05, 0) is 51.8 Å². The van der Waals surface area contributed by atoms with E-state index in [-0.39, 0.29) is 22.5 Å². The van der Waals surface area contributed by atoms with Crippen LogP contribution in [0.15, 0.2) is 53.0 Å². The normalized spacial score (nSPS) is 21.1. The number of halogens is 2. The molecule has 2 aliphatic heterocycles. The van der Waals surface area contributed by atoms with E-state index in [1.165, 1.54) is 12.1 Å². The quantitative estimate of drug-likeness (QED) is 0.345. The largest absolute Gasteiger partial charge is 0.507 e. The number of nitrogens with zero attached hydrogens (tertiary/aromatic N) is 1. The lowest BCUT2D eigenvalue weighted by Crippen LogP contribution is -2.45. The van der Waals surface area contributed by atoms with Gasteiger partial charge in [-0.15, -0.1) is 0 Å². The first-order valence-electron chi connectivity index (χ1n) is 12.1. The van der Waals surface area contributed by atoms with Gasteiger partial charge in [-0.25, -0.2) is 4.39 Å². The first kappa shape index (κ1) is 24.8. The Hall–Kier alpha value is -2.86. The Balaban J connectivity index is 1.88. The fourth-order valence-electron chi connectivity index (χ4n) is 5.62. The lowest BCUT2D eigenvalue weighted by Gasteiger charge is -2.33. The summed E-state index contributed by atoms with van der Waals surface area (Å²) in [6.07, 6.45) is 0. The summed E-state index contributed by atoms with van der Waals surface area (Å²) in [5.41, 5.74) is 2.57. The lowest BCUT2D eigenvalue weighted by molar-refractivity contribution is -0.132. The number of hydrogen-bond acceptors (Lipinski definition) is 3. The van der Waals surface area contributed by atoms with E-state index in [1.54, 1.807) is 18.0 Å². The van der Waals surface area contributed by atoms with Crippen molar-refractivity contribution in [3.05, 3.63) is 86.6 Å². The Morgan fingerprint density at radius 1 is 0.972 bits per heavy atom. The molecule has 188 valence electrons. The van der Waals surface area contributed by atoms with E-state index in [2.05, 4.69) is 57.5 Å². The molecule has 2 aliphatic rings. The fourth-order valence-corrected chi connectivity index (χ4v) is 5.98. The summed E-state index contributed by atoms with van der Waals surface area (Å²) in [6, 6.07) is 14.2. The molecule has 4 nitrogen and oxygen atoms in total. The Bertz CT molecular complexity index is 1380. The summed E-state index contributed by atoms with van der Waals surface area (Å²) in [5.74, 6) is -0.545. The van der Waals surface area contributed by atoms with Crippen LogP contribution >= 0.6 is 15.9 Å². The van der Waals surface area contributed by atoms with Crippen LogP contribution in [0.5, 0.6) is 11.5 Å². The second kappa shape index (κ2) is 7.82. The van der Waals surface area contributed by atoms with Crippen molar-refractivity contribution in [3.63, 3.8) is 0 Å². The first-order chi connectivity index (χ1) is 16.7. The van der Waals surface area contributed by atoms with Crippen molar-refractivity contribution in [2.75, 3.05) is 11.9 Å². The maximum Gasteiger partial charge on any atom is 0.276 e. The zero-order chi connectivity index (χ0) is 26.4. The number of fused-ring (bicyclic) bond motifs is 3. The van der Waals surface area contributed by atoms with E-state index in [1.807, 2.05) is 30.3 Å². The fraction of sp³-hybridized carbons (Fsp3) is 0.367. The van der Waals surface area contributed by atoms with Crippen molar-refractivity contribution in [1.29, 1.82) is 0 Å². The number of carbonyl (C=O) groups is 1. The van der Waals surface area contributed by atoms with Crippen molar-refractivity contribution in [2.45, 2.75) is 63.9 Å². The Morgan fingerprint density at radius 2 is 1.58 bits per heavy atom. The van der Waals surface area contributed by atoms with Crippen LogP contribution in [-0.4, -0.2) is 18.1 Å². The van der Waals surface area contributed by atoms with Crippen LogP contribution in [0.3, 0.4) is 0 Å². The molecule has 0 aromatic heterocycles. The first-order valence-corrected chi connectivity index (χ1v) is 12.9. The zero-order valence-corrected chi connectivity index (χ0v) is 23.2. The number of phenolic OH excluding ortho intramolecular Hbond substituents is 1. The number of benzene rings is 3. The third kappa shape index (κ3) is 3.48. The van der Waals surface area contributed by atoms with Crippen molar-refractivity contribution in [2.24, 2.45) is 0 Å². The van der Waals surface area contributed by atoms with Gasteiger partial charge in [-0.2, -0.15) is 0 Å². The van der Waals surface area contributed by atoms with Gasteiger partial charge in [0.2, 0.25) is 5.60 Å². The van der Waals surface area contributed by atoms with Gasteiger partial charge in [0.1, 0.15) is 17.3 Å². The van der Waals surface area contributed by atoms with Crippen LogP contribution in [0.25, 0.3) is 0 Å². The van der Waals surface area contributed by atoms with E-state index in [0.29, 0.717) is 5.75 Å². The van der Waals surface area contributed by atoms with Gasteiger partial charge < -0.3 is 14.7 Å². The molecule has 0 aliphatic carbocycles. The highest BCUT2D eigenvalue weighted by Gasteiger charge is 2.62. The standard InChI is InChI=1S/C30H31BrFNO3/c1-28(2,3)21-12-16(13-22(26(21)34)29(4,5)6)25-19-10-9-18(32)15-24(19)36-30(25)20-14-17(31)8-11-23(20)33(7)27(30)35/h8-15,25,34H,1-7H3/t25-,30+/m1/s1. The molecule has 2 heterocycles. The summed E-state index contributed by atoms with van der Waals surface area (Å²) in [6.45, 7) is 12.4. The highest BCUT2D eigenvalue weighted by atomic mass is 79.9. The Morgan fingerprint density at radius 3 is 2.17 bits per heavy atom. The summed E-state index contributed by atoms with van der Waals surface area (Å²) in [4.78, 5) is 15.7. The van der Waals surface area contributed by atoms with E-state index < -0.39 is 17.3 Å². The molecule has 1 spiro atoms. The van der Waals surface area contributed by atoms with Crippen molar-refractivity contribution in [3.8, 4) is 11.5 Å². The van der Waals surface area contributed by atoms with Gasteiger partial charge in [0, 0.05) is 28.7 Å². The molecule has 0 saturated heterocycles. The lowest BCUT2D eigenvalue weighted by atomic mass is 9.71. The number of ether oxygens (including phenoxy) is 1. The van der Waals surface area contributed by atoms with Gasteiger partial charge >= 0.3 is 0 Å². The molecule has 2 atom stereocenters. The molecule has 0 unspecified atom stereocenters. The smallest absolute Gasteiger partial charge is 0.276 e. The van der Waals surface area contributed by atoms with Crippen LogP contribution in [0.2, 0.25) is 0 Å². The number of hydrogen-bond donors (Lipinski definition) is 1. The van der Waals surface area contributed by atoms with Gasteiger partial charge in [-0.3, -0.25) is 4.79 Å². The Kier molecular flexibility index (Phi) is 5.39. The minimum atomic E-state index is -1.40. The average molecular weight is 552 g/mol. The van der Waals surface area contributed by atoms with E-state index in [9.17, 15) is 14.3 Å². The maximum absolute atomic E-state index is 14.4. The van der Waals surface area contributed by atoms with Crippen LogP contribution in [0.1, 0.15) is 75.3 Å². The van der Waals surface area contributed by atoms with Crippen molar-refractivity contribution < 1.29 is 19.0 Å². The van der Waals surface area contributed by atoms with Gasteiger partial charge in [0.05, 0.1) is 11.6 Å². The molecule has 36 heavy (non-hydrogen) atoms. The number of likely N-dealkylation sites (N-methyl/N-ethyl adjacent to an activating group) is 1. The maximum atomic E-state index is 14.4. The van der Waals surface area contributed by atoms with Gasteiger partial charge in [0.15, 0.2) is 0 Å². The second-order valence-corrected chi connectivity index (χ2v) is 12.9. The average Bonchev–Trinajstić information content (AvgIpc) is 3.20. The topological polar surface area (TPSA) is 49.8 Å². The predicted molar refractivity (Wildman–Crippen MR) is 144 cm³/mol. The van der Waals surface area contributed by atoms with Crippen LogP contribution < -0.4 is 9.64 Å². The number of amides is 1. The van der Waals surface area contributed by atoms with Gasteiger partial charge in [0.25, 0.3) is 5.91 Å². The minimum absolute atomic E-state index is 0.208. The molecule has 6 heteroatoms. The number of phenols is 1. The summed E-state index contributed by atoms with van der Waals surface area (Å²) < 4.78 is 21.7. The van der Waals surface area contributed by atoms with E-state index >= 15 is 0 Å². The third-order valence-electron chi connectivity index (χ3n) is 7.39. The molecule has 0 radical (unpaired) electrons. The Labute approximate surface area is 220 Å². The molecule has 5 rings (SSSR count). The molecule has 3 aromatic rings. The molecular formula is C30H31BrFNO3. The molecular weight excluding hydrogens is 521 g/mol. The van der Waals surface area contributed by atoms with Gasteiger partial charge in [-0.1, -0.05) is 75.7 Å². The zero-order valence-electron chi connectivity index (χ0n) is 21.7. The summed E-state index contributed by atoms with van der Waals surface area (Å²) in [5, 5.41) is 11.3. The number of carbonyl (C=O) groups excluding carboxylic acids is 1. The summed E-state index contributed by atoms with van der Waals surface area (Å²) in [7, 11) is 1.74. The van der Waals surface area contributed by atoms with E-state index in [0.717, 1.165) is 38.0 Å². The summed E-state index contributed by atoms with van der Waals surface area (Å²) >= 11 is 3.56. The molecule has 0 saturated carbocycles. The second-order valence-electron chi connectivity index (χ2n) is 11.9. The monoisotopic (exact) mass is 551 g/mol. The van der Waals surface area contributed by atoms with Crippen LogP contribution in [-0.2, 0) is 21.2 Å². The number of rotatable bonds is 1. The SMILES string of the molecule is CN1C(=O)[C@]2(Oc3cc(F)ccc3[C@H]2c2cc(C(C)(C)C)c(O)c(C(C)(C)C)c2)c2cc(Br)ccc21. The molecule has 1 amide bonds. The van der Waals surface area contributed by atoms with E-state index in [4.69, 9.17) is 4.74 Å². The van der Waals surface area contributed by atoms with Crippen LogP contribution in [0.4, 0.5) is 10.1 Å². The molecule has 0 fully saturated rings. The van der Waals surface area contributed by atoms with Crippen molar-refractivity contribution in [1.82, 2.24) is 0 Å². The minimum Gasteiger partial charge on any atom is -0.507 e. The molecule has 3 aromatic carbocycles. The highest BCUT2D eigenvalue weighted by molar-refractivity contribution is 9.10. The predicted octanol–water partition coefficient (Wildman–Crippen LogP) is 7.29. The molecule has 1 N–H and O–H groups in total. The van der Waals surface area contributed by atoms with Crippen molar-refractivity contribution >= 4 is 27.5 Å². The molecule has 0 bridgehead atoms. The number of aromatic hydroxyl groups is 1.